The Morgan fingerprint density at radius 1 is 1.04 bits per heavy atom. The largest absolute Gasteiger partial charge is 0.484 e. The van der Waals surface area contributed by atoms with Gasteiger partial charge in [0.25, 0.3) is 5.91 Å². The van der Waals surface area contributed by atoms with Gasteiger partial charge in [-0.1, -0.05) is 35.5 Å². The highest BCUT2D eigenvalue weighted by Crippen LogP contribution is 2.20. The van der Waals surface area contributed by atoms with E-state index in [4.69, 9.17) is 9.26 Å². The van der Waals surface area contributed by atoms with Crippen molar-refractivity contribution in [1.82, 2.24) is 20.6 Å². The average Bonchev–Trinajstić information content (AvgIpc) is 3.20. The summed E-state index contributed by atoms with van der Waals surface area (Å²) in [7, 11) is 0. The normalized spacial score (nSPS) is 10.5. The van der Waals surface area contributed by atoms with E-state index >= 15 is 0 Å². The van der Waals surface area contributed by atoms with Gasteiger partial charge in [0.05, 0.1) is 0 Å². The number of rotatable bonds is 6. The summed E-state index contributed by atoms with van der Waals surface area (Å²) < 4.78 is 10.5. The fourth-order valence-corrected chi connectivity index (χ4v) is 2.46. The fourth-order valence-electron chi connectivity index (χ4n) is 2.46. The number of anilines is 1. The van der Waals surface area contributed by atoms with Crippen molar-refractivity contribution in [3.8, 4) is 17.1 Å². The molecule has 2 aromatic heterocycles. The quantitative estimate of drug-likeness (QED) is 0.509. The van der Waals surface area contributed by atoms with Crippen LogP contribution in [0.1, 0.15) is 0 Å². The van der Waals surface area contributed by atoms with Gasteiger partial charge < -0.3 is 9.26 Å². The maximum absolute atomic E-state index is 11.9. The summed E-state index contributed by atoms with van der Waals surface area (Å²) in [5.74, 6) is 0.620. The van der Waals surface area contributed by atoms with Crippen LogP contribution in [0, 0.1) is 0 Å². The van der Waals surface area contributed by atoms with Crippen molar-refractivity contribution in [3.63, 3.8) is 0 Å². The van der Waals surface area contributed by atoms with E-state index in [9.17, 15) is 4.79 Å². The first kappa shape index (κ1) is 16.5. The molecule has 0 spiro atoms. The van der Waals surface area contributed by atoms with Crippen LogP contribution in [0.3, 0.4) is 0 Å². The molecule has 1 amide bonds. The van der Waals surface area contributed by atoms with Crippen LogP contribution >= 0.6 is 0 Å². The van der Waals surface area contributed by atoms with Gasteiger partial charge in [-0.3, -0.25) is 15.2 Å². The highest BCUT2D eigenvalue weighted by atomic mass is 16.5. The first-order valence-corrected chi connectivity index (χ1v) is 8.18. The van der Waals surface area contributed by atoms with Crippen molar-refractivity contribution in [2.24, 2.45) is 0 Å². The van der Waals surface area contributed by atoms with E-state index in [0.29, 0.717) is 11.6 Å². The number of carbonyl (C=O) groups is 1. The molecule has 27 heavy (non-hydrogen) atoms. The third kappa shape index (κ3) is 4.01. The minimum absolute atomic E-state index is 0.0702. The van der Waals surface area contributed by atoms with Crippen LogP contribution in [0.2, 0.25) is 0 Å². The summed E-state index contributed by atoms with van der Waals surface area (Å²) in [5, 5.41) is 5.98. The number of nitrogens with zero attached hydrogens (tertiary/aromatic N) is 3. The smallest absolute Gasteiger partial charge is 0.340 e. The summed E-state index contributed by atoms with van der Waals surface area (Å²) >= 11 is 0. The zero-order chi connectivity index (χ0) is 18.5. The topological polar surface area (TPSA) is 102 Å². The van der Waals surface area contributed by atoms with E-state index in [1.165, 1.54) is 0 Å². The summed E-state index contributed by atoms with van der Waals surface area (Å²) in [6.45, 7) is -0.156. The van der Waals surface area contributed by atoms with E-state index in [1.54, 1.807) is 24.5 Å². The third-order valence-corrected chi connectivity index (χ3v) is 3.76. The van der Waals surface area contributed by atoms with Gasteiger partial charge in [-0.05, 0) is 35.0 Å². The molecular formula is C19H15N5O3. The van der Waals surface area contributed by atoms with Crippen LogP contribution in [-0.4, -0.2) is 27.6 Å². The molecule has 0 unspecified atom stereocenters. The molecule has 2 heterocycles. The van der Waals surface area contributed by atoms with Gasteiger partial charge in [0.1, 0.15) is 5.75 Å². The Labute approximate surface area is 154 Å². The second-order valence-electron chi connectivity index (χ2n) is 5.63. The monoisotopic (exact) mass is 361 g/mol. The Hall–Kier alpha value is -3.94. The number of benzene rings is 2. The maximum atomic E-state index is 11.9. The Morgan fingerprint density at radius 2 is 1.85 bits per heavy atom. The van der Waals surface area contributed by atoms with Crippen LogP contribution < -0.4 is 15.6 Å². The van der Waals surface area contributed by atoms with Crippen molar-refractivity contribution >= 4 is 22.7 Å². The van der Waals surface area contributed by atoms with Crippen molar-refractivity contribution in [3.05, 3.63) is 67.0 Å². The minimum Gasteiger partial charge on any atom is -0.484 e. The molecule has 134 valence electrons. The number of fused-ring (bicyclic) bond motifs is 1. The molecule has 8 heteroatoms. The lowest BCUT2D eigenvalue weighted by Gasteiger charge is -2.08. The minimum atomic E-state index is -0.383. The first-order chi connectivity index (χ1) is 13.3. The van der Waals surface area contributed by atoms with Gasteiger partial charge in [-0.2, -0.15) is 4.98 Å². The van der Waals surface area contributed by atoms with Crippen molar-refractivity contribution in [2.75, 3.05) is 12.0 Å². The van der Waals surface area contributed by atoms with Crippen molar-refractivity contribution in [2.45, 2.75) is 0 Å². The molecule has 0 aliphatic carbocycles. The van der Waals surface area contributed by atoms with Gasteiger partial charge >= 0.3 is 6.01 Å². The molecule has 0 atom stereocenters. The second-order valence-corrected chi connectivity index (χ2v) is 5.63. The summed E-state index contributed by atoms with van der Waals surface area (Å²) in [4.78, 5) is 20.0. The lowest BCUT2D eigenvalue weighted by atomic mass is 10.1. The molecule has 0 saturated heterocycles. The Kier molecular flexibility index (Phi) is 4.60. The van der Waals surface area contributed by atoms with Gasteiger partial charge in [0.2, 0.25) is 5.82 Å². The average molecular weight is 361 g/mol. The molecule has 0 bridgehead atoms. The Morgan fingerprint density at radius 3 is 2.70 bits per heavy atom. The summed E-state index contributed by atoms with van der Waals surface area (Å²) in [6, 6.07) is 17.2. The predicted octanol–water partition coefficient (Wildman–Crippen LogP) is 2.81. The predicted molar refractivity (Wildman–Crippen MR) is 98.7 cm³/mol. The number of amides is 1. The van der Waals surface area contributed by atoms with Crippen LogP contribution in [0.25, 0.3) is 22.2 Å². The molecule has 4 aromatic rings. The van der Waals surface area contributed by atoms with Crippen LogP contribution in [-0.2, 0) is 4.79 Å². The molecule has 4 rings (SSSR count). The van der Waals surface area contributed by atoms with Crippen LogP contribution in [0.5, 0.6) is 5.75 Å². The van der Waals surface area contributed by atoms with Crippen LogP contribution in [0.4, 0.5) is 6.01 Å². The van der Waals surface area contributed by atoms with E-state index in [0.717, 1.165) is 16.3 Å². The highest BCUT2D eigenvalue weighted by Gasteiger charge is 2.09. The van der Waals surface area contributed by atoms with Gasteiger partial charge in [-0.15, -0.1) is 0 Å². The number of hydrogen-bond donors (Lipinski definition) is 2. The molecular weight excluding hydrogens is 346 g/mol. The standard InChI is InChI=1S/C19H15N5O3/c25-17(12-26-16-6-5-13-3-1-2-4-15(13)11-16)22-23-19-21-18(24-27-19)14-7-9-20-10-8-14/h1-11H,12H2,(H,22,25)(H,21,23,24). The number of aromatic nitrogens is 3. The van der Waals surface area contributed by atoms with Gasteiger partial charge in [0.15, 0.2) is 6.61 Å². The molecule has 2 N–H and O–H groups in total. The summed E-state index contributed by atoms with van der Waals surface area (Å²) in [6.07, 6.45) is 3.26. The number of hydrazine groups is 1. The van der Waals surface area contributed by atoms with E-state index in [1.807, 2.05) is 42.5 Å². The first-order valence-electron chi connectivity index (χ1n) is 8.18. The van der Waals surface area contributed by atoms with Crippen LogP contribution in [0.15, 0.2) is 71.5 Å². The lowest BCUT2D eigenvalue weighted by molar-refractivity contribution is -0.122. The molecule has 0 aliphatic rings. The zero-order valence-corrected chi connectivity index (χ0v) is 14.1. The number of ether oxygens (including phenoxy) is 1. The van der Waals surface area contributed by atoms with Crippen molar-refractivity contribution in [1.29, 1.82) is 0 Å². The zero-order valence-electron chi connectivity index (χ0n) is 14.1. The molecule has 0 radical (unpaired) electrons. The second kappa shape index (κ2) is 7.52. The Bertz CT molecular complexity index is 1070. The number of nitrogens with one attached hydrogen (secondary N) is 2. The van der Waals surface area contributed by atoms with Crippen molar-refractivity contribution < 1.29 is 14.1 Å². The highest BCUT2D eigenvalue weighted by molar-refractivity contribution is 5.84. The number of hydrogen-bond acceptors (Lipinski definition) is 7. The van der Waals surface area contributed by atoms with Gasteiger partial charge in [0, 0.05) is 18.0 Å². The molecule has 0 fully saturated rings. The van der Waals surface area contributed by atoms with E-state index < -0.39 is 0 Å². The van der Waals surface area contributed by atoms with E-state index in [2.05, 4.69) is 26.0 Å². The Balaban J connectivity index is 1.30. The molecule has 0 aliphatic heterocycles. The summed E-state index contributed by atoms with van der Waals surface area (Å²) in [5.41, 5.74) is 5.77. The van der Waals surface area contributed by atoms with E-state index in [-0.39, 0.29) is 18.5 Å². The van der Waals surface area contributed by atoms with Gasteiger partial charge in [-0.25, -0.2) is 5.43 Å². The lowest BCUT2D eigenvalue weighted by Crippen LogP contribution is -2.33. The third-order valence-electron chi connectivity index (χ3n) is 3.76. The number of carbonyl (C=O) groups excluding carboxylic acids is 1. The maximum Gasteiger partial charge on any atom is 0.340 e. The molecule has 0 saturated carbocycles. The SMILES string of the molecule is O=C(COc1ccc2ccccc2c1)NNc1nc(-c2ccncc2)no1. The molecule has 8 nitrogen and oxygen atoms in total. The molecule has 2 aromatic carbocycles. The fraction of sp³-hybridized carbons (Fsp3) is 0.0526. The number of pyridine rings is 1.